The first kappa shape index (κ1) is 17.4. The third kappa shape index (κ3) is 5.04. The maximum Gasteiger partial charge on any atom is 0.293 e. The van der Waals surface area contributed by atoms with Gasteiger partial charge in [0.25, 0.3) is 11.6 Å². The third-order valence-electron chi connectivity index (χ3n) is 2.65. The summed E-state index contributed by atoms with van der Waals surface area (Å²) in [5, 5.41) is 18.8. The molecule has 0 saturated heterocycles. The molecule has 2 amide bonds. The number of nitro groups is 1. The molecule has 0 aliphatic carbocycles. The van der Waals surface area contributed by atoms with Crippen molar-refractivity contribution in [2.75, 3.05) is 18.9 Å². The first-order valence-corrected chi connectivity index (χ1v) is 6.69. The molecule has 0 spiro atoms. The van der Waals surface area contributed by atoms with Crippen LogP contribution >= 0.6 is 0 Å². The smallest absolute Gasteiger partial charge is 0.293 e. The highest BCUT2D eigenvalue weighted by Gasteiger charge is 2.18. The number of rotatable bonds is 5. The summed E-state index contributed by atoms with van der Waals surface area (Å²) in [7, 11) is 1.55. The second kappa shape index (κ2) is 6.88. The van der Waals surface area contributed by atoms with Crippen LogP contribution in [0.25, 0.3) is 0 Å². The van der Waals surface area contributed by atoms with Crippen molar-refractivity contribution in [2.24, 2.45) is 0 Å². The second-order valence-corrected chi connectivity index (χ2v) is 5.72. The van der Waals surface area contributed by atoms with Gasteiger partial charge in [0.05, 0.1) is 11.5 Å². The first-order valence-electron chi connectivity index (χ1n) is 6.69. The molecule has 0 unspecified atom stereocenters. The summed E-state index contributed by atoms with van der Waals surface area (Å²) in [5.41, 5.74) is -0.162. The molecule has 8 nitrogen and oxygen atoms in total. The lowest BCUT2D eigenvalue weighted by Crippen LogP contribution is -2.45. The van der Waals surface area contributed by atoms with Crippen LogP contribution in [0.2, 0.25) is 0 Å². The van der Waals surface area contributed by atoms with E-state index < -0.39 is 16.4 Å². The van der Waals surface area contributed by atoms with E-state index in [1.165, 1.54) is 18.2 Å². The van der Waals surface area contributed by atoms with Crippen molar-refractivity contribution in [3.8, 4) is 0 Å². The Bertz CT molecular complexity index is 593. The van der Waals surface area contributed by atoms with Crippen molar-refractivity contribution in [3.63, 3.8) is 0 Å². The zero-order chi connectivity index (χ0) is 16.9. The molecule has 120 valence electrons. The molecule has 8 heteroatoms. The zero-order valence-electron chi connectivity index (χ0n) is 13.0. The van der Waals surface area contributed by atoms with Crippen LogP contribution in [-0.4, -0.2) is 35.9 Å². The van der Waals surface area contributed by atoms with E-state index in [2.05, 4.69) is 16.0 Å². The van der Waals surface area contributed by atoms with Gasteiger partial charge in [-0.15, -0.1) is 0 Å². The second-order valence-electron chi connectivity index (χ2n) is 5.72. The summed E-state index contributed by atoms with van der Waals surface area (Å²) >= 11 is 0. The van der Waals surface area contributed by atoms with Crippen molar-refractivity contribution in [2.45, 2.75) is 26.3 Å². The van der Waals surface area contributed by atoms with Crippen LogP contribution in [0.15, 0.2) is 18.2 Å². The van der Waals surface area contributed by atoms with Crippen LogP contribution < -0.4 is 16.0 Å². The van der Waals surface area contributed by atoms with Gasteiger partial charge in [0.1, 0.15) is 5.69 Å². The molecule has 0 heterocycles. The van der Waals surface area contributed by atoms with Crippen LogP contribution in [0.3, 0.4) is 0 Å². The molecule has 1 aromatic rings. The Kier molecular flexibility index (Phi) is 5.44. The van der Waals surface area contributed by atoms with E-state index in [1.807, 2.05) is 20.8 Å². The van der Waals surface area contributed by atoms with Crippen molar-refractivity contribution in [3.05, 3.63) is 33.9 Å². The maximum atomic E-state index is 12.0. The van der Waals surface area contributed by atoms with Crippen LogP contribution in [0.5, 0.6) is 0 Å². The Hall–Kier alpha value is -2.64. The quantitative estimate of drug-likeness (QED) is 0.560. The number of benzene rings is 1. The molecule has 22 heavy (non-hydrogen) atoms. The lowest BCUT2D eigenvalue weighted by molar-refractivity contribution is -0.384. The van der Waals surface area contributed by atoms with Crippen molar-refractivity contribution in [1.82, 2.24) is 10.6 Å². The van der Waals surface area contributed by atoms with E-state index in [4.69, 9.17) is 0 Å². The minimum absolute atomic E-state index is 0.120. The van der Waals surface area contributed by atoms with Gasteiger partial charge >= 0.3 is 0 Å². The fourth-order valence-electron chi connectivity index (χ4n) is 1.76. The molecular weight excluding hydrogens is 288 g/mol. The van der Waals surface area contributed by atoms with Gasteiger partial charge in [0.15, 0.2) is 0 Å². The van der Waals surface area contributed by atoms with Gasteiger partial charge in [-0.1, -0.05) is 0 Å². The molecule has 0 atom stereocenters. The summed E-state index contributed by atoms with van der Waals surface area (Å²) in [5.74, 6) is -0.878. The Morgan fingerprint density at radius 1 is 1.27 bits per heavy atom. The molecule has 0 bridgehead atoms. The molecule has 0 radical (unpaired) electrons. The lowest BCUT2D eigenvalue weighted by Gasteiger charge is -2.20. The highest BCUT2D eigenvalue weighted by Crippen LogP contribution is 2.24. The van der Waals surface area contributed by atoms with Gasteiger partial charge in [-0.05, 0) is 32.9 Å². The number of hydrogen-bond acceptors (Lipinski definition) is 5. The number of anilines is 1. The van der Waals surface area contributed by atoms with E-state index >= 15 is 0 Å². The van der Waals surface area contributed by atoms with Crippen LogP contribution in [0.4, 0.5) is 11.4 Å². The predicted octanol–water partition coefficient (Wildman–Crippen LogP) is 1.28. The lowest BCUT2D eigenvalue weighted by atomic mass is 10.1. The highest BCUT2D eigenvalue weighted by atomic mass is 16.6. The van der Waals surface area contributed by atoms with Gasteiger partial charge in [0.2, 0.25) is 5.91 Å². The molecule has 1 aromatic carbocycles. The van der Waals surface area contributed by atoms with E-state index in [0.29, 0.717) is 5.69 Å². The largest absolute Gasteiger partial charge is 0.383 e. The van der Waals surface area contributed by atoms with E-state index in [9.17, 15) is 19.7 Å². The number of nitro benzene ring substituents is 1. The number of carbonyl (C=O) groups excluding carboxylic acids is 2. The summed E-state index contributed by atoms with van der Waals surface area (Å²) in [6.45, 7) is 5.28. The fourth-order valence-corrected chi connectivity index (χ4v) is 1.76. The average Bonchev–Trinajstić information content (AvgIpc) is 2.42. The van der Waals surface area contributed by atoms with Gasteiger partial charge in [-0.25, -0.2) is 0 Å². The van der Waals surface area contributed by atoms with Gasteiger partial charge in [-0.2, -0.15) is 0 Å². The van der Waals surface area contributed by atoms with Gasteiger partial charge in [0, 0.05) is 24.2 Å². The molecule has 0 fully saturated rings. The number of nitrogens with one attached hydrogen (secondary N) is 3. The van der Waals surface area contributed by atoms with Crippen LogP contribution in [-0.2, 0) is 4.79 Å². The Balaban J connectivity index is 2.76. The Morgan fingerprint density at radius 2 is 1.91 bits per heavy atom. The third-order valence-corrected chi connectivity index (χ3v) is 2.65. The Labute approximate surface area is 128 Å². The summed E-state index contributed by atoms with van der Waals surface area (Å²) < 4.78 is 0. The highest BCUT2D eigenvalue weighted by molar-refractivity contribution is 5.97. The molecule has 0 saturated carbocycles. The standard InChI is InChI=1S/C14H20N4O4/c1-14(2,3)17-12(19)8-16-13(20)9-5-6-10(15-4)11(7-9)18(21)22/h5-7,15H,8H2,1-4H3,(H,16,20)(H,17,19). The summed E-state index contributed by atoms with van der Waals surface area (Å²) in [4.78, 5) is 34.0. The molecule has 3 N–H and O–H groups in total. The van der Waals surface area contributed by atoms with Crippen molar-refractivity contribution < 1.29 is 14.5 Å². The van der Waals surface area contributed by atoms with E-state index in [0.717, 1.165) is 0 Å². The van der Waals surface area contributed by atoms with Crippen molar-refractivity contribution in [1.29, 1.82) is 0 Å². The monoisotopic (exact) mass is 308 g/mol. The SMILES string of the molecule is CNc1ccc(C(=O)NCC(=O)NC(C)(C)C)cc1[N+](=O)[O-]. The number of amides is 2. The summed E-state index contributed by atoms with van der Waals surface area (Å²) in [6.07, 6.45) is 0. The van der Waals surface area contributed by atoms with E-state index in [1.54, 1.807) is 7.05 Å². The molecule has 0 aromatic heterocycles. The topological polar surface area (TPSA) is 113 Å². The average molecular weight is 308 g/mol. The normalized spacial score (nSPS) is 10.7. The zero-order valence-corrected chi connectivity index (χ0v) is 13.0. The molecule has 1 rings (SSSR count). The minimum atomic E-state index is -0.574. The fraction of sp³-hybridized carbons (Fsp3) is 0.429. The molecule has 0 aliphatic heterocycles. The minimum Gasteiger partial charge on any atom is -0.383 e. The van der Waals surface area contributed by atoms with Crippen LogP contribution in [0, 0.1) is 10.1 Å². The Morgan fingerprint density at radius 3 is 2.41 bits per heavy atom. The van der Waals surface area contributed by atoms with Crippen molar-refractivity contribution >= 4 is 23.2 Å². The number of carbonyl (C=O) groups is 2. The van der Waals surface area contributed by atoms with Gasteiger partial charge < -0.3 is 16.0 Å². The van der Waals surface area contributed by atoms with Crippen LogP contribution in [0.1, 0.15) is 31.1 Å². The first-order chi connectivity index (χ1) is 10.1. The molecular formula is C14H20N4O4. The maximum absolute atomic E-state index is 12.0. The number of hydrogen-bond donors (Lipinski definition) is 3. The number of nitrogens with zero attached hydrogens (tertiary/aromatic N) is 1. The van der Waals surface area contributed by atoms with Gasteiger partial charge in [-0.3, -0.25) is 19.7 Å². The summed E-state index contributed by atoms with van der Waals surface area (Å²) in [6, 6.07) is 4.07. The predicted molar refractivity (Wildman–Crippen MR) is 82.9 cm³/mol. The van der Waals surface area contributed by atoms with E-state index in [-0.39, 0.29) is 23.7 Å². The molecule has 0 aliphatic rings.